The molecule has 1 aliphatic rings. The Morgan fingerprint density at radius 3 is 2.38 bits per heavy atom. The standard InChI is InChI=1S/C27H39N3O4/c1-28(2)23-12-10-21(11-13-23)16-29-17-22(18-30(14-15-32-3)27(31)20-33-4)25(19-29)24-8-6-7-9-26(24)34-5/h6-13,22,25H,14-20H2,1-5H3/t22-,25-/m1/s1. The molecule has 0 unspecified atom stereocenters. The summed E-state index contributed by atoms with van der Waals surface area (Å²) < 4.78 is 16.1. The van der Waals surface area contributed by atoms with Gasteiger partial charge in [0.15, 0.2) is 0 Å². The van der Waals surface area contributed by atoms with Gasteiger partial charge < -0.3 is 24.0 Å². The van der Waals surface area contributed by atoms with Gasteiger partial charge in [0, 0.05) is 72.6 Å². The molecule has 7 heteroatoms. The minimum atomic E-state index is -0.00366. The molecule has 0 bridgehead atoms. The predicted molar refractivity (Wildman–Crippen MR) is 136 cm³/mol. The van der Waals surface area contributed by atoms with Crippen molar-refractivity contribution in [2.24, 2.45) is 5.92 Å². The maximum absolute atomic E-state index is 12.8. The fourth-order valence-corrected chi connectivity index (χ4v) is 4.77. The summed E-state index contributed by atoms with van der Waals surface area (Å²) >= 11 is 0. The van der Waals surface area contributed by atoms with Crippen LogP contribution in [0, 0.1) is 5.92 Å². The van der Waals surface area contributed by atoms with Crippen LogP contribution >= 0.6 is 0 Å². The average molecular weight is 470 g/mol. The van der Waals surface area contributed by atoms with Gasteiger partial charge in [-0.3, -0.25) is 9.69 Å². The molecule has 34 heavy (non-hydrogen) atoms. The maximum atomic E-state index is 12.8. The second kappa shape index (κ2) is 12.7. The number of ether oxygens (including phenoxy) is 3. The molecule has 7 nitrogen and oxygen atoms in total. The van der Waals surface area contributed by atoms with Gasteiger partial charge in [-0.1, -0.05) is 30.3 Å². The molecule has 186 valence electrons. The van der Waals surface area contributed by atoms with Crippen LogP contribution in [0.15, 0.2) is 48.5 Å². The fourth-order valence-electron chi connectivity index (χ4n) is 4.77. The Morgan fingerprint density at radius 1 is 1.00 bits per heavy atom. The maximum Gasteiger partial charge on any atom is 0.248 e. The Kier molecular flexibility index (Phi) is 9.74. The summed E-state index contributed by atoms with van der Waals surface area (Å²) in [5, 5.41) is 0. The van der Waals surface area contributed by atoms with Gasteiger partial charge in [-0.25, -0.2) is 0 Å². The number of hydrogen-bond acceptors (Lipinski definition) is 6. The van der Waals surface area contributed by atoms with Gasteiger partial charge in [-0.2, -0.15) is 0 Å². The van der Waals surface area contributed by atoms with Crippen molar-refractivity contribution in [1.29, 1.82) is 0 Å². The third kappa shape index (κ3) is 6.72. The van der Waals surface area contributed by atoms with Crippen molar-refractivity contribution in [3.05, 3.63) is 59.7 Å². The molecule has 1 heterocycles. The topological polar surface area (TPSA) is 54.5 Å². The number of anilines is 1. The summed E-state index contributed by atoms with van der Waals surface area (Å²) in [5.74, 6) is 1.44. The van der Waals surface area contributed by atoms with Crippen molar-refractivity contribution in [3.63, 3.8) is 0 Å². The van der Waals surface area contributed by atoms with Crippen molar-refractivity contribution >= 4 is 11.6 Å². The molecule has 0 aliphatic carbocycles. The van der Waals surface area contributed by atoms with Crippen molar-refractivity contribution in [3.8, 4) is 5.75 Å². The lowest BCUT2D eigenvalue weighted by atomic mass is 9.88. The van der Waals surface area contributed by atoms with Crippen molar-refractivity contribution < 1.29 is 19.0 Å². The number of methoxy groups -OCH3 is 3. The zero-order valence-corrected chi connectivity index (χ0v) is 21.2. The van der Waals surface area contributed by atoms with Crippen LogP contribution in [0.1, 0.15) is 17.0 Å². The van der Waals surface area contributed by atoms with Crippen LogP contribution in [-0.4, -0.2) is 90.5 Å². The van der Waals surface area contributed by atoms with E-state index in [0.717, 1.165) is 25.4 Å². The number of carbonyl (C=O) groups excluding carboxylic acids is 1. The third-order valence-electron chi connectivity index (χ3n) is 6.55. The molecule has 1 aliphatic heterocycles. The van der Waals surface area contributed by atoms with Crippen LogP contribution in [0.3, 0.4) is 0 Å². The van der Waals surface area contributed by atoms with Crippen LogP contribution < -0.4 is 9.64 Å². The van der Waals surface area contributed by atoms with E-state index in [2.05, 4.69) is 60.3 Å². The first kappa shape index (κ1) is 26.0. The van der Waals surface area contributed by atoms with E-state index in [1.165, 1.54) is 16.8 Å². The van der Waals surface area contributed by atoms with E-state index in [-0.39, 0.29) is 24.3 Å². The number of rotatable bonds is 12. The Labute approximate surface area is 204 Å². The van der Waals surface area contributed by atoms with E-state index < -0.39 is 0 Å². The zero-order valence-electron chi connectivity index (χ0n) is 21.2. The van der Waals surface area contributed by atoms with Crippen LogP contribution in [0.25, 0.3) is 0 Å². The molecule has 1 amide bonds. The Hall–Kier alpha value is -2.61. The number of nitrogens with zero attached hydrogens (tertiary/aromatic N) is 3. The lowest BCUT2D eigenvalue weighted by Gasteiger charge is -2.29. The highest BCUT2D eigenvalue weighted by molar-refractivity contribution is 5.77. The van der Waals surface area contributed by atoms with Crippen LogP contribution in [0.2, 0.25) is 0 Å². The zero-order chi connectivity index (χ0) is 24.5. The number of para-hydroxylation sites is 1. The SMILES string of the molecule is COCCN(C[C@H]1CN(Cc2ccc(N(C)C)cc2)C[C@H]1c1ccccc1OC)C(=O)COC. The van der Waals surface area contributed by atoms with Gasteiger partial charge in [0.1, 0.15) is 12.4 Å². The second-order valence-corrected chi connectivity index (χ2v) is 9.13. The predicted octanol–water partition coefficient (Wildman–Crippen LogP) is 3.10. The molecular formula is C27H39N3O4. The van der Waals surface area contributed by atoms with Crippen LogP contribution in [0.4, 0.5) is 5.69 Å². The van der Waals surface area contributed by atoms with E-state index >= 15 is 0 Å². The molecule has 0 aromatic heterocycles. The third-order valence-corrected chi connectivity index (χ3v) is 6.55. The summed E-state index contributed by atoms with van der Waals surface area (Å²) in [6, 6.07) is 17.0. The van der Waals surface area contributed by atoms with Crippen molar-refractivity contribution in [2.75, 3.05) is 79.7 Å². The molecule has 2 aromatic rings. The van der Waals surface area contributed by atoms with Gasteiger partial charge >= 0.3 is 0 Å². The van der Waals surface area contributed by atoms with Gasteiger partial charge in [-0.05, 0) is 35.2 Å². The van der Waals surface area contributed by atoms with E-state index in [1.807, 2.05) is 17.0 Å². The molecule has 2 atom stereocenters. The summed E-state index contributed by atoms with van der Waals surface area (Å²) in [4.78, 5) is 19.2. The quantitative estimate of drug-likeness (QED) is 0.476. The second-order valence-electron chi connectivity index (χ2n) is 9.13. The number of amides is 1. The first-order valence-corrected chi connectivity index (χ1v) is 11.8. The highest BCUT2D eigenvalue weighted by atomic mass is 16.5. The lowest BCUT2D eigenvalue weighted by Crippen LogP contribution is -2.41. The van der Waals surface area contributed by atoms with Crippen LogP contribution in [-0.2, 0) is 20.8 Å². The summed E-state index contributed by atoms with van der Waals surface area (Å²) in [5.41, 5.74) is 3.68. The summed E-state index contributed by atoms with van der Waals surface area (Å²) in [6.45, 7) is 4.49. The van der Waals surface area contributed by atoms with E-state index in [0.29, 0.717) is 19.7 Å². The minimum absolute atomic E-state index is 0.00366. The molecule has 0 radical (unpaired) electrons. The molecule has 1 saturated heterocycles. The van der Waals surface area contributed by atoms with E-state index in [4.69, 9.17) is 14.2 Å². The van der Waals surface area contributed by atoms with Gasteiger partial charge in [0.05, 0.1) is 13.7 Å². The number of likely N-dealkylation sites (tertiary alicyclic amines) is 1. The first-order chi connectivity index (χ1) is 16.5. The van der Waals surface area contributed by atoms with Crippen molar-refractivity contribution in [2.45, 2.75) is 12.5 Å². The Morgan fingerprint density at radius 2 is 1.74 bits per heavy atom. The highest BCUT2D eigenvalue weighted by Gasteiger charge is 2.37. The fraction of sp³-hybridized carbons (Fsp3) is 0.519. The van der Waals surface area contributed by atoms with Gasteiger partial charge in [0.25, 0.3) is 0 Å². The minimum Gasteiger partial charge on any atom is -0.496 e. The number of carbonyl (C=O) groups is 1. The Bertz CT molecular complexity index is 903. The van der Waals surface area contributed by atoms with Gasteiger partial charge in [0.2, 0.25) is 5.91 Å². The smallest absolute Gasteiger partial charge is 0.248 e. The summed E-state index contributed by atoms with van der Waals surface area (Å²) in [7, 11) is 9.05. The van der Waals surface area contributed by atoms with Crippen molar-refractivity contribution in [1.82, 2.24) is 9.80 Å². The van der Waals surface area contributed by atoms with Gasteiger partial charge in [-0.15, -0.1) is 0 Å². The van der Waals surface area contributed by atoms with E-state index in [1.54, 1.807) is 21.3 Å². The largest absolute Gasteiger partial charge is 0.496 e. The number of benzene rings is 2. The molecule has 3 rings (SSSR count). The molecule has 0 N–H and O–H groups in total. The summed E-state index contributed by atoms with van der Waals surface area (Å²) in [6.07, 6.45) is 0. The van der Waals surface area contributed by atoms with E-state index in [9.17, 15) is 4.79 Å². The lowest BCUT2D eigenvalue weighted by molar-refractivity contribution is -0.136. The highest BCUT2D eigenvalue weighted by Crippen LogP contribution is 2.38. The van der Waals surface area contributed by atoms with Crippen LogP contribution in [0.5, 0.6) is 5.75 Å². The monoisotopic (exact) mass is 469 g/mol. The normalized spacial score (nSPS) is 18.1. The molecule has 0 saturated carbocycles. The number of hydrogen-bond donors (Lipinski definition) is 0. The Balaban J connectivity index is 1.82. The average Bonchev–Trinajstić information content (AvgIpc) is 3.23. The molecular weight excluding hydrogens is 430 g/mol. The molecule has 0 spiro atoms. The molecule has 2 aromatic carbocycles. The first-order valence-electron chi connectivity index (χ1n) is 11.8. The molecule has 1 fully saturated rings.